The first-order valence-corrected chi connectivity index (χ1v) is 9.11. The molecule has 25 heavy (non-hydrogen) atoms. The Hall–Kier alpha value is -2.44. The maximum Gasteiger partial charge on any atom is 0.251 e. The van der Waals surface area contributed by atoms with Crippen LogP contribution in [0.4, 0.5) is 5.13 Å². The Morgan fingerprint density at radius 2 is 2.08 bits per heavy atom. The van der Waals surface area contributed by atoms with E-state index in [9.17, 15) is 4.79 Å². The van der Waals surface area contributed by atoms with Gasteiger partial charge in [0, 0.05) is 25.3 Å². The number of hydrogen-bond acceptors (Lipinski definition) is 5. The van der Waals surface area contributed by atoms with Gasteiger partial charge in [-0.3, -0.25) is 4.79 Å². The van der Waals surface area contributed by atoms with E-state index in [2.05, 4.69) is 10.3 Å². The second-order valence-corrected chi connectivity index (χ2v) is 6.68. The number of rotatable bonds is 7. The summed E-state index contributed by atoms with van der Waals surface area (Å²) in [5.74, 6) is -0.0719. The van der Waals surface area contributed by atoms with Gasteiger partial charge in [0.15, 0.2) is 5.13 Å². The van der Waals surface area contributed by atoms with Gasteiger partial charge in [0.25, 0.3) is 5.91 Å². The van der Waals surface area contributed by atoms with Crippen LogP contribution in [-0.4, -0.2) is 30.6 Å². The summed E-state index contributed by atoms with van der Waals surface area (Å²) in [6.45, 7) is 3.92. The first-order valence-electron chi connectivity index (χ1n) is 8.30. The number of carbonyl (C=O) groups is 1. The molecule has 1 amide bonds. The lowest BCUT2D eigenvalue weighted by molar-refractivity contribution is 0.0944. The number of anilines is 1. The Kier molecular flexibility index (Phi) is 5.63. The van der Waals surface area contributed by atoms with E-state index in [1.54, 1.807) is 0 Å². The van der Waals surface area contributed by atoms with Crippen LogP contribution in [0.3, 0.4) is 0 Å². The van der Waals surface area contributed by atoms with Crippen molar-refractivity contribution < 1.29 is 9.53 Å². The molecule has 0 aliphatic rings. The van der Waals surface area contributed by atoms with Crippen LogP contribution in [0.25, 0.3) is 21.3 Å². The molecular formula is C19H21N3O2S. The van der Waals surface area contributed by atoms with Gasteiger partial charge in [-0.1, -0.05) is 29.5 Å². The molecule has 6 heteroatoms. The van der Waals surface area contributed by atoms with Gasteiger partial charge >= 0.3 is 0 Å². The van der Waals surface area contributed by atoms with Crippen LogP contribution in [0, 0.1) is 0 Å². The third kappa shape index (κ3) is 4.35. The van der Waals surface area contributed by atoms with E-state index >= 15 is 0 Å². The van der Waals surface area contributed by atoms with E-state index in [1.165, 1.54) is 11.3 Å². The molecule has 0 atom stereocenters. The van der Waals surface area contributed by atoms with Crippen LogP contribution < -0.4 is 11.1 Å². The van der Waals surface area contributed by atoms with Gasteiger partial charge in [0.2, 0.25) is 0 Å². The molecule has 0 saturated heterocycles. The van der Waals surface area contributed by atoms with Crippen LogP contribution in [0.15, 0.2) is 42.5 Å². The number of ether oxygens (including phenoxy) is 1. The molecule has 0 radical (unpaired) electrons. The number of nitrogen functional groups attached to an aromatic ring is 1. The fourth-order valence-electron chi connectivity index (χ4n) is 2.59. The van der Waals surface area contributed by atoms with Gasteiger partial charge in [-0.2, -0.15) is 0 Å². The molecule has 0 saturated carbocycles. The predicted octanol–water partition coefficient (Wildman–Crippen LogP) is 3.70. The Labute approximate surface area is 150 Å². The molecule has 2 aromatic carbocycles. The number of thiazole rings is 1. The molecule has 0 aliphatic carbocycles. The zero-order valence-electron chi connectivity index (χ0n) is 14.1. The molecule has 1 aromatic heterocycles. The van der Waals surface area contributed by atoms with Gasteiger partial charge in [-0.05, 0) is 48.7 Å². The van der Waals surface area contributed by atoms with Crippen molar-refractivity contribution in [1.29, 1.82) is 0 Å². The average Bonchev–Trinajstić information content (AvgIpc) is 3.00. The molecule has 0 unspecified atom stereocenters. The van der Waals surface area contributed by atoms with Crippen molar-refractivity contribution in [3.8, 4) is 11.1 Å². The summed E-state index contributed by atoms with van der Waals surface area (Å²) >= 11 is 1.47. The standard InChI is InChI=1S/C19H21N3O2S/c1-2-24-10-4-9-21-18(23)15-6-3-5-13(11-15)14-7-8-17-16(12-14)22-19(20)25-17/h3,5-8,11-12H,2,4,9-10H2,1H3,(H2,20,22)(H,21,23). The SMILES string of the molecule is CCOCCCNC(=O)c1cccc(-c2ccc3sc(N)nc3c2)c1. The number of carbonyl (C=O) groups excluding carboxylic acids is 1. The highest BCUT2D eigenvalue weighted by atomic mass is 32.1. The van der Waals surface area contributed by atoms with E-state index in [0.717, 1.165) is 27.8 Å². The summed E-state index contributed by atoms with van der Waals surface area (Å²) in [4.78, 5) is 16.6. The van der Waals surface area contributed by atoms with E-state index in [-0.39, 0.29) is 5.91 Å². The Morgan fingerprint density at radius 3 is 2.92 bits per heavy atom. The van der Waals surface area contributed by atoms with Crippen molar-refractivity contribution in [3.05, 3.63) is 48.0 Å². The van der Waals surface area contributed by atoms with Crippen LogP contribution in [0.2, 0.25) is 0 Å². The molecule has 3 aromatic rings. The first-order chi connectivity index (χ1) is 12.2. The lowest BCUT2D eigenvalue weighted by Crippen LogP contribution is -2.25. The Morgan fingerprint density at radius 1 is 1.24 bits per heavy atom. The second kappa shape index (κ2) is 8.09. The van der Waals surface area contributed by atoms with E-state index in [4.69, 9.17) is 10.5 Å². The highest BCUT2D eigenvalue weighted by Crippen LogP contribution is 2.29. The van der Waals surface area contributed by atoms with Crippen molar-refractivity contribution >= 4 is 32.6 Å². The number of amides is 1. The van der Waals surface area contributed by atoms with E-state index < -0.39 is 0 Å². The van der Waals surface area contributed by atoms with Gasteiger partial charge in [0.05, 0.1) is 10.2 Å². The van der Waals surface area contributed by atoms with E-state index in [1.807, 2.05) is 49.4 Å². The highest BCUT2D eigenvalue weighted by Gasteiger charge is 2.08. The zero-order chi connectivity index (χ0) is 17.6. The van der Waals surface area contributed by atoms with Gasteiger partial charge in [0.1, 0.15) is 0 Å². The molecule has 5 nitrogen and oxygen atoms in total. The second-order valence-electron chi connectivity index (χ2n) is 5.62. The number of nitrogens with two attached hydrogens (primary N) is 1. The highest BCUT2D eigenvalue weighted by molar-refractivity contribution is 7.22. The molecule has 3 N–H and O–H groups in total. The van der Waals surface area contributed by atoms with Gasteiger partial charge < -0.3 is 15.8 Å². The molecule has 0 spiro atoms. The van der Waals surface area contributed by atoms with Crippen LogP contribution in [0.1, 0.15) is 23.7 Å². The van der Waals surface area contributed by atoms with Crippen molar-refractivity contribution in [1.82, 2.24) is 10.3 Å². The van der Waals surface area contributed by atoms with Crippen LogP contribution in [0.5, 0.6) is 0 Å². The summed E-state index contributed by atoms with van der Waals surface area (Å²) in [5, 5.41) is 3.49. The lowest BCUT2D eigenvalue weighted by Gasteiger charge is -2.07. The quantitative estimate of drug-likeness (QED) is 0.634. The summed E-state index contributed by atoms with van der Waals surface area (Å²) in [6, 6.07) is 13.6. The van der Waals surface area contributed by atoms with Gasteiger partial charge in [-0.15, -0.1) is 0 Å². The van der Waals surface area contributed by atoms with E-state index in [0.29, 0.717) is 30.5 Å². The normalized spacial score (nSPS) is 10.9. The maximum absolute atomic E-state index is 12.3. The third-order valence-corrected chi connectivity index (χ3v) is 4.68. The molecular weight excluding hydrogens is 334 g/mol. The number of nitrogens with zero attached hydrogens (tertiary/aromatic N) is 1. The first kappa shape index (κ1) is 17.4. The van der Waals surface area contributed by atoms with Crippen LogP contribution in [-0.2, 0) is 4.74 Å². The predicted molar refractivity (Wildman–Crippen MR) is 103 cm³/mol. The minimum atomic E-state index is -0.0719. The minimum absolute atomic E-state index is 0.0719. The Bertz CT molecular complexity index is 876. The van der Waals surface area contributed by atoms with Gasteiger partial charge in [-0.25, -0.2) is 4.98 Å². The molecule has 0 fully saturated rings. The smallest absolute Gasteiger partial charge is 0.251 e. The van der Waals surface area contributed by atoms with Crippen molar-refractivity contribution in [2.75, 3.05) is 25.5 Å². The molecule has 1 heterocycles. The van der Waals surface area contributed by atoms with Crippen molar-refractivity contribution in [3.63, 3.8) is 0 Å². The lowest BCUT2D eigenvalue weighted by atomic mass is 10.0. The topological polar surface area (TPSA) is 77.2 Å². The summed E-state index contributed by atoms with van der Waals surface area (Å²) in [6.07, 6.45) is 0.807. The van der Waals surface area contributed by atoms with Crippen LogP contribution >= 0.6 is 11.3 Å². The number of benzene rings is 2. The summed E-state index contributed by atoms with van der Waals surface area (Å²) in [7, 11) is 0. The van der Waals surface area contributed by atoms with Crippen molar-refractivity contribution in [2.45, 2.75) is 13.3 Å². The summed E-state index contributed by atoms with van der Waals surface area (Å²) in [5.41, 5.74) is 9.29. The maximum atomic E-state index is 12.3. The Balaban J connectivity index is 1.72. The minimum Gasteiger partial charge on any atom is -0.382 e. The number of nitrogens with one attached hydrogen (secondary N) is 1. The number of fused-ring (bicyclic) bond motifs is 1. The largest absolute Gasteiger partial charge is 0.382 e. The third-order valence-electron chi connectivity index (χ3n) is 3.82. The number of aromatic nitrogens is 1. The molecule has 0 aliphatic heterocycles. The van der Waals surface area contributed by atoms with Crippen molar-refractivity contribution in [2.24, 2.45) is 0 Å². The molecule has 0 bridgehead atoms. The fourth-order valence-corrected chi connectivity index (χ4v) is 3.30. The molecule has 130 valence electrons. The molecule has 3 rings (SSSR count). The monoisotopic (exact) mass is 355 g/mol. The fraction of sp³-hybridized carbons (Fsp3) is 0.263. The number of hydrogen-bond donors (Lipinski definition) is 2. The average molecular weight is 355 g/mol. The summed E-state index contributed by atoms with van der Waals surface area (Å²) < 4.78 is 6.33. The zero-order valence-corrected chi connectivity index (χ0v) is 14.9.